The van der Waals surface area contributed by atoms with Crippen molar-refractivity contribution in [2.75, 3.05) is 26.2 Å². The van der Waals surface area contributed by atoms with Gasteiger partial charge in [0.15, 0.2) is 6.61 Å². The molecule has 1 amide bonds. The number of amides is 1. The molecule has 158 valence electrons. The third-order valence-electron chi connectivity index (χ3n) is 5.10. The molecule has 29 heavy (non-hydrogen) atoms. The predicted octanol–water partition coefficient (Wildman–Crippen LogP) is 5.22. The fraction of sp³-hybridized carbons (Fsp3) is 0.458. The summed E-state index contributed by atoms with van der Waals surface area (Å²) in [6.45, 7) is 13.2. The lowest BCUT2D eigenvalue weighted by molar-refractivity contribution is -0.123. The topological polar surface area (TPSA) is 41.6 Å². The Hall–Kier alpha value is -2.04. The third-order valence-corrected chi connectivity index (χ3v) is 5.41. The van der Waals surface area contributed by atoms with E-state index >= 15 is 0 Å². The Kier molecular flexibility index (Phi) is 8.54. The number of hydrogen-bond acceptors (Lipinski definition) is 3. The number of nitrogens with one attached hydrogen (secondary N) is 1. The molecule has 1 atom stereocenters. The Morgan fingerprint density at radius 3 is 2.24 bits per heavy atom. The Labute approximate surface area is 180 Å². The molecule has 4 nitrogen and oxygen atoms in total. The van der Waals surface area contributed by atoms with Gasteiger partial charge in [-0.15, -0.1) is 0 Å². The molecule has 2 rings (SSSR count). The quantitative estimate of drug-likeness (QED) is 0.609. The molecule has 0 aliphatic rings. The highest BCUT2D eigenvalue weighted by Gasteiger charge is 2.20. The zero-order chi connectivity index (χ0) is 21.4. The van der Waals surface area contributed by atoms with E-state index < -0.39 is 0 Å². The number of benzene rings is 2. The first-order chi connectivity index (χ1) is 13.8. The Bertz CT molecular complexity index is 780. The fourth-order valence-electron chi connectivity index (χ4n) is 3.29. The summed E-state index contributed by atoms with van der Waals surface area (Å²) in [5.41, 5.74) is 2.62. The lowest BCUT2D eigenvalue weighted by atomic mass is 9.86. The zero-order valence-electron chi connectivity index (χ0n) is 18.2. The SMILES string of the molecule is CCN(CC)C(CNC(=O)COc1ccccc1Cl)c1ccc(C(C)(C)C)cc1. The van der Waals surface area contributed by atoms with Crippen LogP contribution in [0.3, 0.4) is 0 Å². The third kappa shape index (κ3) is 6.76. The Balaban J connectivity index is 2.03. The smallest absolute Gasteiger partial charge is 0.258 e. The van der Waals surface area contributed by atoms with Crippen LogP contribution in [0.4, 0.5) is 0 Å². The molecule has 0 aliphatic heterocycles. The summed E-state index contributed by atoms with van der Waals surface area (Å²) < 4.78 is 5.55. The standard InChI is InChI=1S/C24H33ClN2O2/c1-6-27(7-2)21(18-12-14-19(15-13-18)24(3,4)5)16-26-23(28)17-29-22-11-9-8-10-20(22)25/h8-15,21H,6-7,16-17H2,1-5H3,(H,26,28). The molecule has 1 unspecified atom stereocenters. The molecule has 0 fully saturated rings. The van der Waals surface area contributed by atoms with Crippen molar-refractivity contribution in [2.24, 2.45) is 0 Å². The summed E-state index contributed by atoms with van der Waals surface area (Å²) in [5, 5.41) is 3.52. The van der Waals surface area contributed by atoms with Crippen molar-refractivity contribution in [2.45, 2.75) is 46.1 Å². The van der Waals surface area contributed by atoms with Gasteiger partial charge in [-0.1, -0.05) is 82.6 Å². The maximum absolute atomic E-state index is 12.4. The normalized spacial score (nSPS) is 12.7. The van der Waals surface area contributed by atoms with Crippen LogP contribution in [-0.2, 0) is 10.2 Å². The van der Waals surface area contributed by atoms with Gasteiger partial charge in [-0.2, -0.15) is 0 Å². The van der Waals surface area contributed by atoms with Gasteiger partial charge in [0, 0.05) is 6.54 Å². The molecule has 0 spiro atoms. The lowest BCUT2D eigenvalue weighted by Gasteiger charge is -2.31. The van der Waals surface area contributed by atoms with Crippen LogP contribution < -0.4 is 10.1 Å². The summed E-state index contributed by atoms with van der Waals surface area (Å²) >= 11 is 6.08. The van der Waals surface area contributed by atoms with Gasteiger partial charge >= 0.3 is 0 Å². The molecule has 0 bridgehead atoms. The summed E-state index contributed by atoms with van der Waals surface area (Å²) in [5.74, 6) is 0.357. The highest BCUT2D eigenvalue weighted by Crippen LogP contribution is 2.26. The first-order valence-electron chi connectivity index (χ1n) is 10.2. The minimum Gasteiger partial charge on any atom is -0.482 e. The highest BCUT2D eigenvalue weighted by molar-refractivity contribution is 6.32. The van der Waals surface area contributed by atoms with E-state index in [9.17, 15) is 4.79 Å². The summed E-state index contributed by atoms with van der Waals surface area (Å²) in [7, 11) is 0. The van der Waals surface area contributed by atoms with E-state index in [4.69, 9.17) is 16.3 Å². The van der Waals surface area contributed by atoms with Crippen LogP contribution in [0.5, 0.6) is 5.75 Å². The molecular formula is C24H33ClN2O2. The number of para-hydroxylation sites is 1. The monoisotopic (exact) mass is 416 g/mol. The van der Waals surface area contributed by atoms with Crippen LogP contribution in [0.15, 0.2) is 48.5 Å². The maximum atomic E-state index is 12.4. The van der Waals surface area contributed by atoms with Crippen LogP contribution in [0.25, 0.3) is 0 Å². The second-order valence-corrected chi connectivity index (χ2v) is 8.54. The molecule has 0 heterocycles. The number of halogens is 1. The molecule has 0 aromatic heterocycles. The van der Waals surface area contributed by atoms with E-state index in [-0.39, 0.29) is 24.0 Å². The van der Waals surface area contributed by atoms with Crippen LogP contribution in [0.2, 0.25) is 5.02 Å². The van der Waals surface area contributed by atoms with Crippen LogP contribution in [0.1, 0.15) is 51.8 Å². The number of ether oxygens (including phenoxy) is 1. The van der Waals surface area contributed by atoms with Crippen molar-refractivity contribution < 1.29 is 9.53 Å². The van der Waals surface area contributed by atoms with Gasteiger partial charge < -0.3 is 10.1 Å². The van der Waals surface area contributed by atoms with E-state index in [1.165, 1.54) is 11.1 Å². The van der Waals surface area contributed by atoms with Gasteiger partial charge in [0.1, 0.15) is 5.75 Å². The average Bonchev–Trinajstić information content (AvgIpc) is 2.70. The molecule has 1 N–H and O–H groups in total. The number of rotatable bonds is 9. The fourth-order valence-corrected chi connectivity index (χ4v) is 3.48. The number of likely N-dealkylation sites (N-methyl/N-ethyl adjacent to an activating group) is 1. The molecule has 2 aromatic rings. The van der Waals surface area contributed by atoms with Crippen molar-refractivity contribution in [1.82, 2.24) is 10.2 Å². The van der Waals surface area contributed by atoms with Crippen LogP contribution in [0, 0.1) is 0 Å². The van der Waals surface area contributed by atoms with Gasteiger partial charge in [-0.3, -0.25) is 9.69 Å². The average molecular weight is 417 g/mol. The Morgan fingerprint density at radius 1 is 1.07 bits per heavy atom. The first-order valence-corrected chi connectivity index (χ1v) is 10.6. The molecule has 2 aromatic carbocycles. The summed E-state index contributed by atoms with van der Waals surface area (Å²) in [6.07, 6.45) is 0. The molecule has 0 aliphatic carbocycles. The number of carbonyl (C=O) groups is 1. The molecule has 0 saturated carbocycles. The highest BCUT2D eigenvalue weighted by atomic mass is 35.5. The summed E-state index contributed by atoms with van der Waals surface area (Å²) in [6, 6.07) is 16.0. The van der Waals surface area contributed by atoms with Gasteiger partial charge in [-0.05, 0) is 41.8 Å². The van der Waals surface area contributed by atoms with Crippen LogP contribution in [-0.4, -0.2) is 37.0 Å². The largest absolute Gasteiger partial charge is 0.482 e. The molecular weight excluding hydrogens is 384 g/mol. The number of carbonyl (C=O) groups excluding carboxylic acids is 1. The van der Waals surface area contributed by atoms with E-state index in [1.807, 2.05) is 12.1 Å². The molecule has 0 radical (unpaired) electrons. The van der Waals surface area contributed by atoms with Crippen molar-refractivity contribution in [3.05, 3.63) is 64.7 Å². The minimum atomic E-state index is -0.159. The van der Waals surface area contributed by atoms with Crippen molar-refractivity contribution in [3.63, 3.8) is 0 Å². The lowest BCUT2D eigenvalue weighted by Crippen LogP contribution is -2.39. The summed E-state index contributed by atoms with van der Waals surface area (Å²) in [4.78, 5) is 14.7. The minimum absolute atomic E-state index is 0.0579. The van der Waals surface area contributed by atoms with Crippen LogP contribution >= 0.6 is 11.6 Å². The zero-order valence-corrected chi connectivity index (χ0v) is 18.9. The predicted molar refractivity (Wildman–Crippen MR) is 121 cm³/mol. The van der Waals surface area contributed by atoms with E-state index in [2.05, 4.69) is 69.1 Å². The van der Waals surface area contributed by atoms with E-state index in [1.54, 1.807) is 12.1 Å². The maximum Gasteiger partial charge on any atom is 0.258 e. The second-order valence-electron chi connectivity index (χ2n) is 8.13. The van der Waals surface area contributed by atoms with Gasteiger partial charge in [0.2, 0.25) is 0 Å². The van der Waals surface area contributed by atoms with E-state index in [0.29, 0.717) is 17.3 Å². The van der Waals surface area contributed by atoms with E-state index in [0.717, 1.165) is 13.1 Å². The Morgan fingerprint density at radius 2 is 1.69 bits per heavy atom. The van der Waals surface area contributed by atoms with Crippen molar-refractivity contribution in [1.29, 1.82) is 0 Å². The first kappa shape index (κ1) is 23.2. The van der Waals surface area contributed by atoms with Gasteiger partial charge in [-0.25, -0.2) is 0 Å². The molecule has 0 saturated heterocycles. The second kappa shape index (κ2) is 10.7. The van der Waals surface area contributed by atoms with Gasteiger partial charge in [0.25, 0.3) is 5.91 Å². The van der Waals surface area contributed by atoms with Gasteiger partial charge in [0.05, 0.1) is 11.1 Å². The number of nitrogens with zero attached hydrogens (tertiary/aromatic N) is 1. The van der Waals surface area contributed by atoms with Crippen molar-refractivity contribution >= 4 is 17.5 Å². The van der Waals surface area contributed by atoms with Crippen molar-refractivity contribution in [3.8, 4) is 5.75 Å². The molecule has 5 heteroatoms. The number of hydrogen-bond donors (Lipinski definition) is 1.